The second kappa shape index (κ2) is 23.6. The molecule has 1 atom stereocenters. The number of nitrogens with zero attached hydrogens (tertiary/aromatic N) is 1. The minimum absolute atomic E-state index is 0.144. The summed E-state index contributed by atoms with van der Waals surface area (Å²) in [7, 11) is 0. The number of halogens is 2. The first kappa shape index (κ1) is 29.4. The van der Waals surface area contributed by atoms with E-state index in [1.807, 2.05) is 13.8 Å². The van der Waals surface area contributed by atoms with E-state index >= 15 is 0 Å². The molecule has 2 amide bonds. The molecule has 1 saturated heterocycles. The van der Waals surface area contributed by atoms with Crippen LogP contribution in [0, 0.1) is 0 Å². The number of amides is 2. The lowest BCUT2D eigenvalue weighted by molar-refractivity contribution is -0.131. The van der Waals surface area contributed by atoms with Crippen LogP contribution in [-0.2, 0) is 19.1 Å². The number of alkyl halides is 1. The number of carbonyl (C=O) groups excluding carboxylic acids is 2. The van der Waals surface area contributed by atoms with Crippen LogP contribution in [0.3, 0.4) is 0 Å². The number of hydrogen-bond donors (Lipinski definition) is 0. The van der Waals surface area contributed by atoms with E-state index < -0.39 is 0 Å². The molecule has 0 radical (unpaired) electrons. The van der Waals surface area contributed by atoms with E-state index in [0.29, 0.717) is 18.9 Å². The molecule has 1 aliphatic heterocycles. The molecule has 5 nitrogen and oxygen atoms in total. The van der Waals surface area contributed by atoms with Gasteiger partial charge in [0.25, 0.3) is 0 Å². The molecule has 0 aromatic heterocycles. The first-order valence-corrected chi connectivity index (χ1v) is 10.6. The van der Waals surface area contributed by atoms with Gasteiger partial charge in [0, 0.05) is 24.8 Å². The lowest BCUT2D eigenvalue weighted by atomic mass is 10.2. The Bertz CT molecular complexity index is 306. The fourth-order valence-electron chi connectivity index (χ4n) is 1.43. The topological polar surface area (TPSA) is 55.8 Å². The largest absolute Gasteiger partial charge is 0.502 e. The van der Waals surface area contributed by atoms with Crippen LogP contribution in [0.15, 0.2) is 12.8 Å². The van der Waals surface area contributed by atoms with Gasteiger partial charge in [-0.05, 0) is 20.3 Å². The molecule has 0 spiro atoms. The third kappa shape index (κ3) is 21.6. The van der Waals surface area contributed by atoms with Crippen molar-refractivity contribution in [3.8, 4) is 0 Å². The zero-order chi connectivity index (χ0) is 20.1. The molecular weight excluding hydrogens is 454 g/mol. The Balaban J connectivity index is -0.000000278. The third-order valence-corrected chi connectivity index (χ3v) is 3.97. The summed E-state index contributed by atoms with van der Waals surface area (Å²) in [5.74, 6) is -0.287. The predicted molar refractivity (Wildman–Crippen MR) is 112 cm³/mol. The molecule has 0 aromatic carbocycles. The molecule has 1 heterocycles. The van der Waals surface area contributed by atoms with Crippen LogP contribution >= 0.6 is 32.1 Å². The lowest BCUT2D eigenvalue weighted by Crippen LogP contribution is -2.16. The fraction of sp³-hybridized carbons (Fsp3) is 0.778. The maximum absolute atomic E-state index is 10.4. The SMILES string of the molecule is C=COCC.CCC.CCCC(CBr)OCC.O=C1CCC(=O)N1Br. The Morgan fingerprint density at radius 3 is 1.76 bits per heavy atom. The van der Waals surface area contributed by atoms with Gasteiger partial charge in [-0.15, -0.1) is 0 Å². The molecule has 7 heteroatoms. The third-order valence-electron chi connectivity index (χ3n) is 2.46. The maximum atomic E-state index is 10.4. The van der Waals surface area contributed by atoms with E-state index in [-0.39, 0.29) is 11.8 Å². The fourth-order valence-corrected chi connectivity index (χ4v) is 2.30. The molecule has 0 N–H and O–H groups in total. The molecule has 25 heavy (non-hydrogen) atoms. The smallest absolute Gasteiger partial charge is 0.239 e. The highest BCUT2D eigenvalue weighted by Crippen LogP contribution is 2.14. The molecular formula is C18H35Br2NO4. The molecule has 0 saturated carbocycles. The van der Waals surface area contributed by atoms with Crippen molar-refractivity contribution in [1.82, 2.24) is 3.93 Å². The Morgan fingerprint density at radius 1 is 1.12 bits per heavy atom. The van der Waals surface area contributed by atoms with Gasteiger partial charge in [0.1, 0.15) is 0 Å². The van der Waals surface area contributed by atoms with Gasteiger partial charge in [0.2, 0.25) is 11.8 Å². The van der Waals surface area contributed by atoms with Crippen molar-refractivity contribution in [3.05, 3.63) is 12.8 Å². The van der Waals surface area contributed by atoms with Gasteiger partial charge < -0.3 is 9.47 Å². The van der Waals surface area contributed by atoms with Crippen LogP contribution in [0.25, 0.3) is 0 Å². The minimum atomic E-state index is -0.144. The van der Waals surface area contributed by atoms with E-state index in [9.17, 15) is 9.59 Å². The minimum Gasteiger partial charge on any atom is -0.502 e. The molecule has 1 fully saturated rings. The van der Waals surface area contributed by atoms with Gasteiger partial charge >= 0.3 is 0 Å². The standard InChI is InChI=1S/C7H15BrO.C4H4BrNO2.C4H8O.C3H8/c1-3-5-7(6-8)9-4-2;5-6-3(7)1-2-4(6)8;1-3-5-4-2;1-3-2/h7H,3-6H2,1-2H3;1-2H2;3H,1,4H2,2H3;3H2,1-2H3. The zero-order valence-electron chi connectivity index (χ0n) is 16.4. The van der Waals surface area contributed by atoms with Crippen LogP contribution in [0.5, 0.6) is 0 Å². The van der Waals surface area contributed by atoms with Crippen LogP contribution in [0.1, 0.15) is 66.7 Å². The molecule has 1 aliphatic rings. The highest BCUT2D eigenvalue weighted by molar-refractivity contribution is 9.09. The first-order chi connectivity index (χ1) is 11.9. The van der Waals surface area contributed by atoms with Crippen molar-refractivity contribution < 1.29 is 19.1 Å². The summed E-state index contributed by atoms with van der Waals surface area (Å²) in [6.07, 6.45) is 6.18. The van der Waals surface area contributed by atoms with Gasteiger partial charge in [-0.3, -0.25) is 9.59 Å². The first-order valence-electron chi connectivity index (χ1n) is 8.81. The molecule has 0 aliphatic carbocycles. The van der Waals surface area contributed by atoms with Gasteiger partial charge in [0.15, 0.2) is 0 Å². The summed E-state index contributed by atoms with van der Waals surface area (Å²) in [5, 5.41) is 0.967. The summed E-state index contributed by atoms with van der Waals surface area (Å²) < 4.78 is 11.0. The van der Waals surface area contributed by atoms with E-state index in [1.54, 1.807) is 0 Å². The summed E-state index contributed by atoms with van der Waals surface area (Å²) in [5.41, 5.74) is 0. The second-order valence-corrected chi connectivity index (χ2v) is 6.27. The van der Waals surface area contributed by atoms with Crippen molar-refractivity contribution >= 4 is 43.9 Å². The Kier molecular flexibility index (Phi) is 27.7. The molecule has 0 aromatic rings. The van der Waals surface area contributed by atoms with Crippen molar-refractivity contribution in [3.63, 3.8) is 0 Å². The number of carbonyl (C=O) groups is 2. The van der Waals surface area contributed by atoms with Crippen molar-refractivity contribution in [2.75, 3.05) is 18.5 Å². The average molecular weight is 489 g/mol. The number of imide groups is 1. The van der Waals surface area contributed by atoms with E-state index in [1.165, 1.54) is 25.5 Å². The van der Waals surface area contributed by atoms with Gasteiger partial charge in [-0.2, -0.15) is 0 Å². The number of hydrogen-bond acceptors (Lipinski definition) is 4. The summed E-state index contributed by atoms with van der Waals surface area (Å²) in [6.45, 7) is 15.3. The van der Waals surface area contributed by atoms with Crippen LogP contribution in [0.4, 0.5) is 0 Å². The maximum Gasteiger partial charge on any atom is 0.239 e. The summed E-state index contributed by atoms with van der Waals surface area (Å²) in [6, 6.07) is 0. The average Bonchev–Trinajstić information content (AvgIpc) is 2.88. The lowest BCUT2D eigenvalue weighted by Gasteiger charge is -2.11. The van der Waals surface area contributed by atoms with Crippen LogP contribution < -0.4 is 0 Å². The van der Waals surface area contributed by atoms with Crippen molar-refractivity contribution in [1.29, 1.82) is 0 Å². The van der Waals surface area contributed by atoms with E-state index in [2.05, 4.69) is 64.2 Å². The Hall–Kier alpha value is -0.400. The monoisotopic (exact) mass is 487 g/mol. The predicted octanol–water partition coefficient (Wildman–Crippen LogP) is 5.61. The van der Waals surface area contributed by atoms with Gasteiger partial charge in [-0.25, -0.2) is 3.93 Å². The normalized spacial score (nSPS) is 13.5. The van der Waals surface area contributed by atoms with E-state index in [0.717, 1.165) is 22.5 Å². The zero-order valence-corrected chi connectivity index (χ0v) is 19.5. The van der Waals surface area contributed by atoms with Crippen molar-refractivity contribution in [2.45, 2.75) is 72.8 Å². The Morgan fingerprint density at radius 2 is 1.60 bits per heavy atom. The molecule has 1 rings (SSSR count). The second-order valence-electron chi connectivity index (χ2n) is 4.92. The highest BCUT2D eigenvalue weighted by atomic mass is 79.9. The van der Waals surface area contributed by atoms with Crippen LogP contribution in [0.2, 0.25) is 0 Å². The molecule has 1 unspecified atom stereocenters. The molecule has 150 valence electrons. The molecule has 0 bridgehead atoms. The summed E-state index contributed by atoms with van der Waals surface area (Å²) in [4.78, 5) is 20.9. The quantitative estimate of drug-likeness (QED) is 0.202. The van der Waals surface area contributed by atoms with Gasteiger partial charge in [-0.1, -0.05) is 56.1 Å². The van der Waals surface area contributed by atoms with Gasteiger partial charge in [0.05, 0.1) is 35.1 Å². The highest BCUT2D eigenvalue weighted by Gasteiger charge is 2.26. The Labute approximate surface area is 171 Å². The summed E-state index contributed by atoms with van der Waals surface area (Å²) >= 11 is 6.20. The van der Waals surface area contributed by atoms with E-state index in [4.69, 9.17) is 4.74 Å². The number of rotatable bonds is 7. The van der Waals surface area contributed by atoms with Crippen molar-refractivity contribution in [2.24, 2.45) is 0 Å². The van der Waals surface area contributed by atoms with Crippen LogP contribution in [-0.4, -0.2) is 40.4 Å². The number of ether oxygens (including phenoxy) is 2.